The average Bonchev–Trinajstić information content (AvgIpc) is 3.10. The number of nitrogens with one attached hydrogen (secondary N) is 1. The van der Waals surface area contributed by atoms with E-state index in [-0.39, 0.29) is 0 Å². The molecule has 0 bridgehead atoms. The number of nitrogens with zero attached hydrogens (tertiary/aromatic N) is 1. The standard InChI is InChI=1S/C14H20N2O/c17-14(5-6-14)13-4-2-1-3-12(13)11-16-9-7-15-8-10-16/h1-4,15,17H,5-11H2. The second-order valence-electron chi connectivity index (χ2n) is 5.21. The predicted molar refractivity (Wildman–Crippen MR) is 67.7 cm³/mol. The Morgan fingerprint density at radius 1 is 1.18 bits per heavy atom. The third-order valence-electron chi connectivity index (χ3n) is 3.85. The molecular formula is C14H20N2O. The molecule has 1 aliphatic carbocycles. The molecule has 0 unspecified atom stereocenters. The third kappa shape index (κ3) is 2.37. The van der Waals surface area contributed by atoms with Crippen LogP contribution in [0.1, 0.15) is 24.0 Å². The van der Waals surface area contributed by atoms with Crippen LogP contribution in [0.3, 0.4) is 0 Å². The van der Waals surface area contributed by atoms with Crippen LogP contribution in [0.2, 0.25) is 0 Å². The Balaban J connectivity index is 1.77. The third-order valence-corrected chi connectivity index (χ3v) is 3.85. The first kappa shape index (κ1) is 11.2. The number of benzene rings is 1. The van der Waals surface area contributed by atoms with Gasteiger partial charge in [-0.25, -0.2) is 0 Å². The molecule has 0 radical (unpaired) electrons. The van der Waals surface area contributed by atoms with Gasteiger partial charge in [0, 0.05) is 32.7 Å². The highest BCUT2D eigenvalue weighted by Gasteiger charge is 2.43. The molecule has 0 amide bonds. The van der Waals surface area contributed by atoms with Crippen molar-refractivity contribution in [2.24, 2.45) is 0 Å². The lowest BCUT2D eigenvalue weighted by atomic mass is 10.00. The minimum atomic E-state index is -0.509. The summed E-state index contributed by atoms with van der Waals surface area (Å²) in [6.45, 7) is 5.33. The molecule has 3 nitrogen and oxygen atoms in total. The van der Waals surface area contributed by atoms with Crippen molar-refractivity contribution in [3.05, 3.63) is 35.4 Å². The van der Waals surface area contributed by atoms with Gasteiger partial charge < -0.3 is 10.4 Å². The maximum absolute atomic E-state index is 10.3. The minimum Gasteiger partial charge on any atom is -0.385 e. The molecule has 92 valence electrons. The lowest BCUT2D eigenvalue weighted by molar-refractivity contribution is 0.148. The van der Waals surface area contributed by atoms with Crippen LogP contribution in [-0.2, 0) is 12.1 Å². The van der Waals surface area contributed by atoms with Crippen LogP contribution in [0.5, 0.6) is 0 Å². The van der Waals surface area contributed by atoms with Gasteiger partial charge >= 0.3 is 0 Å². The van der Waals surface area contributed by atoms with Crippen molar-refractivity contribution in [3.63, 3.8) is 0 Å². The highest BCUT2D eigenvalue weighted by molar-refractivity contribution is 5.35. The Morgan fingerprint density at radius 2 is 1.88 bits per heavy atom. The Kier molecular flexibility index (Phi) is 2.90. The van der Waals surface area contributed by atoms with Crippen molar-refractivity contribution < 1.29 is 5.11 Å². The van der Waals surface area contributed by atoms with E-state index in [4.69, 9.17) is 0 Å². The van der Waals surface area contributed by atoms with Crippen LogP contribution in [0.25, 0.3) is 0 Å². The minimum absolute atomic E-state index is 0.509. The Bertz CT molecular complexity index is 395. The van der Waals surface area contributed by atoms with Gasteiger partial charge in [0.05, 0.1) is 5.60 Å². The summed E-state index contributed by atoms with van der Waals surface area (Å²) >= 11 is 0. The number of aliphatic hydroxyl groups is 1. The molecule has 3 heteroatoms. The van der Waals surface area contributed by atoms with E-state index in [0.717, 1.165) is 51.1 Å². The number of rotatable bonds is 3. The molecule has 2 aliphatic rings. The summed E-state index contributed by atoms with van der Waals surface area (Å²) in [4.78, 5) is 2.46. The fraction of sp³-hybridized carbons (Fsp3) is 0.571. The molecule has 1 saturated heterocycles. The van der Waals surface area contributed by atoms with E-state index in [9.17, 15) is 5.11 Å². The molecule has 1 saturated carbocycles. The normalized spacial score (nSPS) is 23.6. The van der Waals surface area contributed by atoms with Crippen molar-refractivity contribution in [1.82, 2.24) is 10.2 Å². The van der Waals surface area contributed by atoms with Crippen molar-refractivity contribution in [3.8, 4) is 0 Å². The van der Waals surface area contributed by atoms with Gasteiger partial charge in [0.1, 0.15) is 0 Å². The van der Waals surface area contributed by atoms with Gasteiger partial charge in [-0.3, -0.25) is 4.90 Å². The Hall–Kier alpha value is -0.900. The monoisotopic (exact) mass is 232 g/mol. The van der Waals surface area contributed by atoms with Gasteiger partial charge in [-0.05, 0) is 24.0 Å². The van der Waals surface area contributed by atoms with Crippen LogP contribution in [-0.4, -0.2) is 36.2 Å². The first-order valence-corrected chi connectivity index (χ1v) is 6.52. The summed E-state index contributed by atoms with van der Waals surface area (Å²) in [6.07, 6.45) is 1.84. The van der Waals surface area contributed by atoms with Gasteiger partial charge in [-0.1, -0.05) is 24.3 Å². The molecular weight excluding hydrogens is 212 g/mol. The van der Waals surface area contributed by atoms with Gasteiger partial charge in [0.15, 0.2) is 0 Å². The average molecular weight is 232 g/mol. The topological polar surface area (TPSA) is 35.5 Å². The largest absolute Gasteiger partial charge is 0.385 e. The van der Waals surface area contributed by atoms with Crippen molar-refractivity contribution in [2.45, 2.75) is 25.0 Å². The fourth-order valence-electron chi connectivity index (χ4n) is 2.61. The highest BCUT2D eigenvalue weighted by atomic mass is 16.3. The van der Waals surface area contributed by atoms with Gasteiger partial charge in [0.2, 0.25) is 0 Å². The molecule has 0 atom stereocenters. The zero-order valence-electron chi connectivity index (χ0n) is 10.2. The lowest BCUT2D eigenvalue weighted by Crippen LogP contribution is -2.43. The van der Waals surface area contributed by atoms with Crippen LogP contribution >= 0.6 is 0 Å². The van der Waals surface area contributed by atoms with E-state index in [2.05, 4.69) is 28.4 Å². The molecule has 2 fully saturated rings. The summed E-state index contributed by atoms with van der Waals surface area (Å²) in [7, 11) is 0. The van der Waals surface area contributed by atoms with Crippen molar-refractivity contribution in [1.29, 1.82) is 0 Å². The number of hydrogen-bond donors (Lipinski definition) is 2. The fourth-order valence-corrected chi connectivity index (χ4v) is 2.61. The molecule has 1 aliphatic heterocycles. The van der Waals surface area contributed by atoms with Crippen LogP contribution in [0, 0.1) is 0 Å². The summed E-state index contributed by atoms with van der Waals surface area (Å²) in [5, 5.41) is 13.6. The first-order valence-electron chi connectivity index (χ1n) is 6.52. The molecule has 17 heavy (non-hydrogen) atoms. The van der Waals surface area contributed by atoms with Gasteiger partial charge in [0.25, 0.3) is 0 Å². The molecule has 1 heterocycles. The first-order chi connectivity index (χ1) is 8.28. The van der Waals surface area contributed by atoms with Crippen molar-refractivity contribution in [2.75, 3.05) is 26.2 Å². The molecule has 1 aromatic carbocycles. The maximum Gasteiger partial charge on any atom is 0.0902 e. The zero-order valence-corrected chi connectivity index (χ0v) is 10.2. The summed E-state index contributed by atoms with van der Waals surface area (Å²) < 4.78 is 0. The summed E-state index contributed by atoms with van der Waals surface area (Å²) in [6, 6.07) is 8.36. The quantitative estimate of drug-likeness (QED) is 0.818. The Morgan fingerprint density at radius 3 is 2.59 bits per heavy atom. The summed E-state index contributed by atoms with van der Waals surface area (Å²) in [5.41, 5.74) is 1.94. The van der Waals surface area contributed by atoms with E-state index >= 15 is 0 Å². The van der Waals surface area contributed by atoms with E-state index in [0.29, 0.717) is 0 Å². The highest BCUT2D eigenvalue weighted by Crippen LogP contribution is 2.46. The van der Waals surface area contributed by atoms with E-state index in [1.807, 2.05) is 6.07 Å². The SMILES string of the molecule is OC1(c2ccccc2CN2CCNCC2)CC1. The lowest BCUT2D eigenvalue weighted by Gasteiger charge is -2.28. The zero-order chi connectivity index (χ0) is 11.7. The molecule has 1 aromatic rings. The molecule has 0 spiro atoms. The predicted octanol–water partition coefficient (Wildman–Crippen LogP) is 1.07. The molecule has 0 aromatic heterocycles. The Labute approximate surface area is 102 Å². The number of hydrogen-bond acceptors (Lipinski definition) is 3. The molecule has 2 N–H and O–H groups in total. The second-order valence-corrected chi connectivity index (χ2v) is 5.21. The van der Waals surface area contributed by atoms with E-state index < -0.39 is 5.60 Å². The second kappa shape index (κ2) is 4.41. The maximum atomic E-state index is 10.3. The van der Waals surface area contributed by atoms with Crippen LogP contribution in [0.4, 0.5) is 0 Å². The van der Waals surface area contributed by atoms with E-state index in [1.54, 1.807) is 0 Å². The van der Waals surface area contributed by atoms with Crippen LogP contribution < -0.4 is 5.32 Å². The van der Waals surface area contributed by atoms with E-state index in [1.165, 1.54) is 5.56 Å². The van der Waals surface area contributed by atoms with Gasteiger partial charge in [-0.2, -0.15) is 0 Å². The summed E-state index contributed by atoms with van der Waals surface area (Å²) in [5.74, 6) is 0. The van der Waals surface area contributed by atoms with Crippen molar-refractivity contribution >= 4 is 0 Å². The number of piperazine rings is 1. The van der Waals surface area contributed by atoms with Crippen LogP contribution in [0.15, 0.2) is 24.3 Å². The smallest absolute Gasteiger partial charge is 0.0902 e. The van der Waals surface area contributed by atoms with Gasteiger partial charge in [-0.15, -0.1) is 0 Å². The molecule has 3 rings (SSSR count).